The smallest absolute Gasteiger partial charge is 0.191 e. The molecule has 0 bridgehead atoms. The van der Waals surface area contributed by atoms with Gasteiger partial charge in [0.05, 0.1) is 12.8 Å². The molecule has 0 radical (unpaired) electrons. The minimum Gasteiger partial charge on any atom is -0.466 e. The second-order valence-electron chi connectivity index (χ2n) is 6.91. The first-order chi connectivity index (χ1) is 11.5. The lowest BCUT2D eigenvalue weighted by Gasteiger charge is -2.29. The predicted octanol–water partition coefficient (Wildman–Crippen LogP) is 2.39. The maximum absolute atomic E-state index is 10.5. The highest BCUT2D eigenvalue weighted by atomic mass is 127. The molecule has 0 spiro atoms. The van der Waals surface area contributed by atoms with Gasteiger partial charge in [0.1, 0.15) is 11.4 Å². The lowest BCUT2D eigenvalue weighted by molar-refractivity contribution is 0.0437. The average Bonchev–Trinajstić information content (AvgIpc) is 3.10. The summed E-state index contributed by atoms with van der Waals surface area (Å²) in [6.07, 6.45) is 5.28. The molecule has 1 atom stereocenters. The van der Waals surface area contributed by atoms with Crippen molar-refractivity contribution in [2.75, 3.05) is 39.8 Å². The molecule has 2 heterocycles. The van der Waals surface area contributed by atoms with E-state index in [0.29, 0.717) is 5.76 Å². The van der Waals surface area contributed by atoms with Gasteiger partial charge in [-0.15, -0.1) is 24.0 Å². The SMILES string of the molecule is CCNC(=NCC(C)(O)c1ccco1)NCCC1CCN(C)CC1.I. The minimum atomic E-state index is -1.10. The van der Waals surface area contributed by atoms with Crippen LogP contribution in [0.1, 0.15) is 38.9 Å². The fraction of sp³-hybridized carbons (Fsp3) is 0.722. The molecule has 7 heteroatoms. The Morgan fingerprint density at radius 1 is 1.40 bits per heavy atom. The van der Waals surface area contributed by atoms with Crippen molar-refractivity contribution in [3.8, 4) is 0 Å². The molecule has 2 rings (SSSR count). The zero-order valence-corrected chi connectivity index (χ0v) is 18.0. The van der Waals surface area contributed by atoms with Crippen LogP contribution in [0.2, 0.25) is 0 Å². The van der Waals surface area contributed by atoms with Crippen LogP contribution in [-0.2, 0) is 5.60 Å². The number of likely N-dealkylation sites (tertiary alicyclic amines) is 1. The Morgan fingerprint density at radius 3 is 2.72 bits per heavy atom. The van der Waals surface area contributed by atoms with Crippen molar-refractivity contribution in [2.45, 2.75) is 38.7 Å². The molecule has 1 aromatic rings. The van der Waals surface area contributed by atoms with E-state index in [1.165, 1.54) is 25.9 Å². The number of furan rings is 1. The van der Waals surface area contributed by atoms with Crippen molar-refractivity contribution < 1.29 is 9.52 Å². The Morgan fingerprint density at radius 2 is 2.12 bits per heavy atom. The number of hydrogen-bond acceptors (Lipinski definition) is 4. The second-order valence-corrected chi connectivity index (χ2v) is 6.91. The van der Waals surface area contributed by atoms with Gasteiger partial charge in [-0.1, -0.05) is 0 Å². The van der Waals surface area contributed by atoms with E-state index < -0.39 is 5.60 Å². The Balaban J connectivity index is 0.00000312. The van der Waals surface area contributed by atoms with E-state index in [9.17, 15) is 5.11 Å². The third kappa shape index (κ3) is 7.53. The van der Waals surface area contributed by atoms with E-state index in [1.807, 2.05) is 6.92 Å². The molecule has 0 saturated carbocycles. The standard InChI is InChI=1S/C18H32N4O2.HI/c1-4-19-17(20-10-7-15-8-11-22(3)12-9-15)21-14-18(2,23)16-6-5-13-24-16;/h5-6,13,15,23H,4,7-12,14H2,1-3H3,(H2,19,20,21);1H. The van der Waals surface area contributed by atoms with Crippen LogP contribution in [0.4, 0.5) is 0 Å². The predicted molar refractivity (Wildman–Crippen MR) is 113 cm³/mol. The summed E-state index contributed by atoms with van der Waals surface area (Å²) in [5.74, 6) is 2.08. The van der Waals surface area contributed by atoms with Crippen molar-refractivity contribution in [3.05, 3.63) is 24.2 Å². The Bertz CT molecular complexity index is 497. The molecule has 3 N–H and O–H groups in total. The minimum absolute atomic E-state index is 0. The number of aliphatic imine (C=N–C) groups is 1. The van der Waals surface area contributed by atoms with E-state index in [1.54, 1.807) is 25.3 Å². The number of halogens is 1. The topological polar surface area (TPSA) is 73.0 Å². The molecule has 144 valence electrons. The van der Waals surface area contributed by atoms with E-state index in [-0.39, 0.29) is 30.5 Å². The van der Waals surface area contributed by atoms with Gasteiger partial charge < -0.3 is 25.1 Å². The first-order valence-electron chi connectivity index (χ1n) is 8.98. The van der Waals surface area contributed by atoms with Crippen LogP contribution in [0, 0.1) is 5.92 Å². The molecule has 0 aromatic carbocycles. The number of piperidine rings is 1. The first-order valence-corrected chi connectivity index (χ1v) is 8.98. The highest BCUT2D eigenvalue weighted by molar-refractivity contribution is 14.0. The first kappa shape index (κ1) is 22.2. The molecule has 25 heavy (non-hydrogen) atoms. The molecule has 1 aliphatic heterocycles. The van der Waals surface area contributed by atoms with Crippen LogP contribution in [-0.4, -0.2) is 55.7 Å². The van der Waals surface area contributed by atoms with E-state index >= 15 is 0 Å². The Labute approximate surface area is 168 Å². The summed E-state index contributed by atoms with van der Waals surface area (Å²) < 4.78 is 5.30. The zero-order chi connectivity index (χ0) is 17.4. The molecular formula is C18H33IN4O2. The summed E-state index contributed by atoms with van der Waals surface area (Å²) in [5.41, 5.74) is -1.10. The summed E-state index contributed by atoms with van der Waals surface area (Å²) in [7, 11) is 2.19. The third-order valence-corrected chi connectivity index (χ3v) is 4.62. The van der Waals surface area contributed by atoms with Crippen molar-refractivity contribution in [1.29, 1.82) is 0 Å². The summed E-state index contributed by atoms with van der Waals surface area (Å²) in [6.45, 7) is 8.11. The van der Waals surface area contributed by atoms with E-state index in [0.717, 1.165) is 31.4 Å². The third-order valence-electron chi connectivity index (χ3n) is 4.62. The molecule has 1 aliphatic rings. The van der Waals surface area contributed by atoms with Crippen molar-refractivity contribution >= 4 is 29.9 Å². The number of nitrogens with one attached hydrogen (secondary N) is 2. The average molecular weight is 464 g/mol. The van der Waals surface area contributed by atoms with Gasteiger partial charge in [0.2, 0.25) is 0 Å². The molecule has 0 aliphatic carbocycles. The maximum Gasteiger partial charge on any atom is 0.191 e. The fourth-order valence-electron chi connectivity index (χ4n) is 2.98. The van der Waals surface area contributed by atoms with E-state index in [2.05, 4.69) is 27.6 Å². The summed E-state index contributed by atoms with van der Waals surface area (Å²) >= 11 is 0. The van der Waals surface area contributed by atoms with Gasteiger partial charge >= 0.3 is 0 Å². The van der Waals surface area contributed by atoms with Crippen molar-refractivity contribution in [1.82, 2.24) is 15.5 Å². The van der Waals surface area contributed by atoms with Crippen LogP contribution >= 0.6 is 24.0 Å². The van der Waals surface area contributed by atoms with Gasteiger partial charge in [-0.25, -0.2) is 4.99 Å². The van der Waals surface area contributed by atoms with Gasteiger partial charge in [-0.3, -0.25) is 0 Å². The van der Waals surface area contributed by atoms with Gasteiger partial charge in [-0.05, 0) is 71.3 Å². The lowest BCUT2D eigenvalue weighted by Crippen LogP contribution is -2.40. The van der Waals surface area contributed by atoms with E-state index in [4.69, 9.17) is 4.42 Å². The molecule has 0 amide bonds. The second kappa shape index (κ2) is 11.0. The van der Waals surface area contributed by atoms with Crippen LogP contribution in [0.25, 0.3) is 0 Å². The number of aliphatic hydroxyl groups is 1. The van der Waals surface area contributed by atoms with Gasteiger partial charge in [-0.2, -0.15) is 0 Å². The summed E-state index contributed by atoms with van der Waals surface area (Å²) in [5, 5.41) is 17.1. The van der Waals surface area contributed by atoms with Crippen LogP contribution in [0.3, 0.4) is 0 Å². The largest absolute Gasteiger partial charge is 0.466 e. The molecule has 1 unspecified atom stereocenters. The molecule has 6 nitrogen and oxygen atoms in total. The van der Waals surface area contributed by atoms with Crippen molar-refractivity contribution in [2.24, 2.45) is 10.9 Å². The number of hydrogen-bond donors (Lipinski definition) is 3. The number of guanidine groups is 1. The van der Waals surface area contributed by atoms with Gasteiger partial charge in [0, 0.05) is 13.1 Å². The normalized spacial score (nSPS) is 19.1. The molecule has 1 aromatic heterocycles. The van der Waals surface area contributed by atoms with Crippen LogP contribution < -0.4 is 10.6 Å². The molecule has 1 fully saturated rings. The highest BCUT2D eigenvalue weighted by Gasteiger charge is 2.26. The number of rotatable bonds is 7. The highest BCUT2D eigenvalue weighted by Crippen LogP contribution is 2.21. The van der Waals surface area contributed by atoms with Gasteiger partial charge in [0.15, 0.2) is 5.96 Å². The zero-order valence-electron chi connectivity index (χ0n) is 15.6. The fourth-order valence-corrected chi connectivity index (χ4v) is 2.98. The quantitative estimate of drug-likeness (QED) is 0.329. The lowest BCUT2D eigenvalue weighted by atomic mass is 9.94. The van der Waals surface area contributed by atoms with Crippen molar-refractivity contribution in [3.63, 3.8) is 0 Å². The Hall–Kier alpha value is -0.800. The van der Waals surface area contributed by atoms with Crippen LogP contribution in [0.5, 0.6) is 0 Å². The molecule has 1 saturated heterocycles. The Kier molecular flexibility index (Phi) is 9.81. The monoisotopic (exact) mass is 464 g/mol. The summed E-state index contributed by atoms with van der Waals surface area (Å²) in [4.78, 5) is 6.91. The van der Waals surface area contributed by atoms with Crippen LogP contribution in [0.15, 0.2) is 27.8 Å². The summed E-state index contributed by atoms with van der Waals surface area (Å²) in [6, 6.07) is 3.55. The molecular weight excluding hydrogens is 431 g/mol. The van der Waals surface area contributed by atoms with Gasteiger partial charge in [0.25, 0.3) is 0 Å². The number of nitrogens with zero attached hydrogens (tertiary/aromatic N) is 2. The maximum atomic E-state index is 10.5.